The van der Waals surface area contributed by atoms with Crippen LogP contribution in [0.4, 0.5) is 0 Å². The molecule has 0 aromatic heterocycles. The highest BCUT2D eigenvalue weighted by Crippen LogP contribution is 2.48. The van der Waals surface area contributed by atoms with Crippen molar-refractivity contribution in [2.24, 2.45) is 23.7 Å². The van der Waals surface area contributed by atoms with Crippen LogP contribution in [0.2, 0.25) is 0 Å². The Morgan fingerprint density at radius 3 is 2.35 bits per heavy atom. The van der Waals surface area contributed by atoms with Crippen LogP contribution in [0.3, 0.4) is 0 Å². The molecule has 110 valence electrons. The molecule has 0 spiro atoms. The van der Waals surface area contributed by atoms with Gasteiger partial charge in [0.05, 0.1) is 24.0 Å². The van der Waals surface area contributed by atoms with Gasteiger partial charge in [-0.15, -0.1) is 0 Å². The maximum Gasteiger partial charge on any atom is 0.307 e. The summed E-state index contributed by atoms with van der Waals surface area (Å²) in [5.74, 6) is -2.12. The smallest absolute Gasteiger partial charge is 0.307 e. The maximum absolute atomic E-state index is 12.4. The summed E-state index contributed by atoms with van der Waals surface area (Å²) in [6.07, 6.45) is 7.66. The quantitative estimate of drug-likeness (QED) is 0.671. The molecule has 0 aromatic rings. The second kappa shape index (κ2) is 5.20. The number of nitrogens with one attached hydrogen (secondary N) is 1. The van der Waals surface area contributed by atoms with E-state index in [2.05, 4.69) is 5.32 Å². The highest BCUT2D eigenvalue weighted by atomic mass is 16.4. The minimum atomic E-state index is -0.883. The molecule has 0 aliphatic heterocycles. The number of aliphatic hydroxyl groups excluding tert-OH is 1. The van der Waals surface area contributed by atoms with Crippen molar-refractivity contribution in [1.82, 2.24) is 5.32 Å². The van der Waals surface area contributed by atoms with Gasteiger partial charge in [0.1, 0.15) is 0 Å². The molecule has 2 unspecified atom stereocenters. The number of aliphatic carboxylic acids is 1. The summed E-state index contributed by atoms with van der Waals surface area (Å²) in [6, 6.07) is -0.214. The molecule has 1 amide bonds. The third kappa shape index (κ3) is 2.24. The number of hydrogen-bond donors (Lipinski definition) is 3. The molecule has 0 aromatic carbocycles. The monoisotopic (exact) mass is 279 g/mol. The molecule has 3 rings (SSSR count). The van der Waals surface area contributed by atoms with Crippen molar-refractivity contribution in [3.63, 3.8) is 0 Å². The van der Waals surface area contributed by atoms with Crippen molar-refractivity contribution in [3.8, 4) is 0 Å². The van der Waals surface area contributed by atoms with Gasteiger partial charge in [-0.2, -0.15) is 0 Å². The standard InChI is InChI=1S/C15H21NO4/c17-11-4-2-1-3-10(11)16-14(18)12-8-5-6-9(7-8)13(12)15(19)20/h5-6,8-13,17H,1-4,7H2,(H,16,18)(H,19,20)/t8?,9?,10-,11-,12-,13+/m0/s1. The summed E-state index contributed by atoms with van der Waals surface area (Å²) in [5, 5.41) is 22.2. The number of carboxylic acids is 1. The molecule has 3 aliphatic carbocycles. The van der Waals surface area contributed by atoms with Crippen molar-refractivity contribution in [1.29, 1.82) is 0 Å². The Morgan fingerprint density at radius 1 is 1.05 bits per heavy atom. The fraction of sp³-hybridized carbons (Fsp3) is 0.733. The lowest BCUT2D eigenvalue weighted by Crippen LogP contribution is -2.49. The Balaban J connectivity index is 1.70. The van der Waals surface area contributed by atoms with E-state index in [-0.39, 0.29) is 23.8 Å². The van der Waals surface area contributed by atoms with E-state index in [4.69, 9.17) is 0 Å². The topological polar surface area (TPSA) is 86.6 Å². The first-order valence-corrected chi connectivity index (χ1v) is 7.47. The number of allylic oxidation sites excluding steroid dienone is 2. The van der Waals surface area contributed by atoms with Crippen LogP contribution in [0.25, 0.3) is 0 Å². The first-order chi connectivity index (χ1) is 9.58. The summed E-state index contributed by atoms with van der Waals surface area (Å²) < 4.78 is 0. The van der Waals surface area contributed by atoms with Crippen LogP contribution in [-0.2, 0) is 9.59 Å². The van der Waals surface area contributed by atoms with Crippen molar-refractivity contribution >= 4 is 11.9 Å². The van der Waals surface area contributed by atoms with Gasteiger partial charge in [0.2, 0.25) is 5.91 Å². The van der Waals surface area contributed by atoms with Gasteiger partial charge in [0, 0.05) is 0 Å². The fourth-order valence-corrected chi connectivity index (χ4v) is 4.07. The predicted octanol–water partition coefficient (Wildman–Crippen LogP) is 0.929. The number of carbonyl (C=O) groups is 2. The molecule has 2 fully saturated rings. The van der Waals surface area contributed by atoms with E-state index in [1.165, 1.54) is 0 Å². The van der Waals surface area contributed by atoms with Gasteiger partial charge >= 0.3 is 5.97 Å². The number of carboxylic acid groups (broad SMARTS) is 1. The van der Waals surface area contributed by atoms with Gasteiger partial charge in [0.25, 0.3) is 0 Å². The second-order valence-corrected chi connectivity index (χ2v) is 6.31. The molecule has 5 nitrogen and oxygen atoms in total. The van der Waals surface area contributed by atoms with Gasteiger partial charge in [-0.05, 0) is 31.1 Å². The number of rotatable bonds is 3. The van der Waals surface area contributed by atoms with Gasteiger partial charge in [-0.25, -0.2) is 0 Å². The average Bonchev–Trinajstić information content (AvgIpc) is 3.01. The van der Waals surface area contributed by atoms with Gasteiger partial charge in [0.15, 0.2) is 0 Å². The van der Waals surface area contributed by atoms with Crippen molar-refractivity contribution < 1.29 is 19.8 Å². The number of fused-ring (bicyclic) bond motifs is 2. The average molecular weight is 279 g/mol. The highest BCUT2D eigenvalue weighted by molar-refractivity contribution is 5.87. The summed E-state index contributed by atoms with van der Waals surface area (Å²) >= 11 is 0. The van der Waals surface area contributed by atoms with E-state index in [1.807, 2.05) is 12.2 Å². The Morgan fingerprint density at radius 2 is 1.70 bits per heavy atom. The van der Waals surface area contributed by atoms with Crippen LogP contribution in [-0.4, -0.2) is 34.2 Å². The molecule has 2 saturated carbocycles. The summed E-state index contributed by atoms with van der Waals surface area (Å²) in [5.41, 5.74) is 0. The number of hydrogen-bond acceptors (Lipinski definition) is 3. The molecule has 5 heteroatoms. The Hall–Kier alpha value is -1.36. The molecule has 6 atom stereocenters. The zero-order valence-corrected chi connectivity index (χ0v) is 11.4. The molecular formula is C15H21NO4. The third-order valence-electron chi connectivity index (χ3n) is 5.10. The molecule has 0 heterocycles. The Labute approximate surface area is 118 Å². The first-order valence-electron chi connectivity index (χ1n) is 7.47. The van der Waals surface area contributed by atoms with Crippen LogP contribution in [0, 0.1) is 23.7 Å². The number of amides is 1. The zero-order valence-electron chi connectivity index (χ0n) is 11.4. The summed E-state index contributed by atoms with van der Waals surface area (Å²) in [4.78, 5) is 23.8. The van der Waals surface area contributed by atoms with Crippen LogP contribution >= 0.6 is 0 Å². The maximum atomic E-state index is 12.4. The number of carbonyl (C=O) groups excluding carboxylic acids is 1. The van der Waals surface area contributed by atoms with E-state index < -0.39 is 23.9 Å². The molecule has 3 aliphatic rings. The summed E-state index contributed by atoms with van der Waals surface area (Å²) in [7, 11) is 0. The van der Waals surface area contributed by atoms with E-state index in [9.17, 15) is 19.8 Å². The van der Waals surface area contributed by atoms with Crippen molar-refractivity contribution in [2.45, 2.75) is 44.2 Å². The number of aliphatic hydroxyl groups is 1. The van der Waals surface area contributed by atoms with Crippen LogP contribution in [0.5, 0.6) is 0 Å². The molecule has 0 radical (unpaired) electrons. The molecular weight excluding hydrogens is 258 g/mol. The van der Waals surface area contributed by atoms with E-state index >= 15 is 0 Å². The van der Waals surface area contributed by atoms with Gasteiger partial charge in [-0.1, -0.05) is 25.0 Å². The first kappa shape index (κ1) is 13.6. The predicted molar refractivity (Wildman–Crippen MR) is 71.8 cm³/mol. The molecule has 0 saturated heterocycles. The largest absolute Gasteiger partial charge is 0.481 e. The van der Waals surface area contributed by atoms with Gasteiger partial charge in [-0.3, -0.25) is 9.59 Å². The minimum absolute atomic E-state index is 0.00970. The lowest BCUT2D eigenvalue weighted by Gasteiger charge is -2.31. The molecule has 2 bridgehead atoms. The van der Waals surface area contributed by atoms with Gasteiger partial charge < -0.3 is 15.5 Å². The minimum Gasteiger partial charge on any atom is -0.481 e. The lowest BCUT2D eigenvalue weighted by molar-refractivity contribution is -0.148. The third-order valence-corrected chi connectivity index (χ3v) is 5.10. The van der Waals surface area contributed by atoms with E-state index in [0.29, 0.717) is 6.42 Å². The van der Waals surface area contributed by atoms with Crippen LogP contribution in [0.15, 0.2) is 12.2 Å². The van der Waals surface area contributed by atoms with Crippen molar-refractivity contribution in [3.05, 3.63) is 12.2 Å². The fourth-order valence-electron chi connectivity index (χ4n) is 4.07. The Kier molecular flexibility index (Phi) is 3.54. The zero-order chi connectivity index (χ0) is 14.3. The lowest BCUT2D eigenvalue weighted by atomic mass is 9.82. The highest BCUT2D eigenvalue weighted by Gasteiger charge is 2.52. The van der Waals surface area contributed by atoms with E-state index in [0.717, 1.165) is 25.7 Å². The summed E-state index contributed by atoms with van der Waals surface area (Å²) in [6.45, 7) is 0. The van der Waals surface area contributed by atoms with Crippen LogP contribution < -0.4 is 5.32 Å². The Bertz CT molecular complexity index is 447. The van der Waals surface area contributed by atoms with Crippen molar-refractivity contribution in [2.75, 3.05) is 0 Å². The molecule has 20 heavy (non-hydrogen) atoms. The molecule has 3 N–H and O–H groups in total. The normalized spacial score (nSPS) is 42.6. The second-order valence-electron chi connectivity index (χ2n) is 6.31. The van der Waals surface area contributed by atoms with Crippen LogP contribution in [0.1, 0.15) is 32.1 Å². The SMILES string of the molecule is O=C(O)[C@@H]1C2C=CC(C2)[C@@H]1C(=O)N[C@H]1CCCC[C@@H]1O. The van der Waals surface area contributed by atoms with E-state index in [1.54, 1.807) is 0 Å².